The van der Waals surface area contributed by atoms with Gasteiger partial charge in [0, 0.05) is 6.42 Å². The van der Waals surface area contributed by atoms with Gasteiger partial charge in [0.25, 0.3) is 0 Å². The molecule has 0 unspecified atom stereocenters. The van der Waals surface area contributed by atoms with Crippen molar-refractivity contribution in [2.75, 3.05) is 0 Å². The van der Waals surface area contributed by atoms with Crippen LogP contribution >= 0.6 is 0 Å². The number of hydrogen-bond donors (Lipinski definition) is 1. The van der Waals surface area contributed by atoms with Crippen molar-refractivity contribution in [1.82, 2.24) is 0 Å². The largest absolute Gasteiger partial charge is 0.481 e. The van der Waals surface area contributed by atoms with Crippen molar-refractivity contribution in [3.63, 3.8) is 0 Å². The predicted molar refractivity (Wildman–Crippen MR) is 51.1 cm³/mol. The fourth-order valence-electron chi connectivity index (χ4n) is 1.61. The Balaban J connectivity index is 2.57. The summed E-state index contributed by atoms with van der Waals surface area (Å²) in [4.78, 5) is 11.0. The van der Waals surface area contributed by atoms with Gasteiger partial charge in [-0.25, -0.2) is 0 Å². The van der Waals surface area contributed by atoms with Gasteiger partial charge in [0.15, 0.2) is 0 Å². The smallest absolute Gasteiger partial charge is 0.310 e. The molecule has 0 fully saturated rings. The Bertz CT molecular complexity index is 270. The Labute approximate surface area is 78.6 Å². The fourth-order valence-corrected chi connectivity index (χ4v) is 1.61. The van der Waals surface area contributed by atoms with Crippen molar-refractivity contribution in [2.45, 2.75) is 32.6 Å². The molecule has 0 aromatic rings. The van der Waals surface area contributed by atoms with Gasteiger partial charge in [0.1, 0.15) is 0 Å². The summed E-state index contributed by atoms with van der Waals surface area (Å²) in [7, 11) is 0. The molecular formula is C11H14O2. The molecule has 0 radical (unpaired) electrons. The topological polar surface area (TPSA) is 37.3 Å². The molecule has 1 rings (SSSR count). The first-order valence-electron chi connectivity index (χ1n) is 4.49. The minimum atomic E-state index is -0.685. The van der Waals surface area contributed by atoms with E-state index in [1.165, 1.54) is 0 Å². The third kappa shape index (κ3) is 2.12. The van der Waals surface area contributed by atoms with Crippen LogP contribution < -0.4 is 0 Å². The molecule has 0 aromatic heterocycles. The Hall–Kier alpha value is -1.23. The van der Waals surface area contributed by atoms with E-state index in [2.05, 4.69) is 11.8 Å². The molecule has 0 atom stereocenters. The van der Waals surface area contributed by atoms with Crippen LogP contribution in [0.15, 0.2) is 12.2 Å². The predicted octanol–water partition coefficient (Wildman–Crippen LogP) is 2.21. The summed E-state index contributed by atoms with van der Waals surface area (Å²) in [5, 5.41) is 9.07. The van der Waals surface area contributed by atoms with Crippen LogP contribution in [-0.4, -0.2) is 11.1 Å². The van der Waals surface area contributed by atoms with E-state index in [0.717, 1.165) is 0 Å². The lowest BCUT2D eigenvalue weighted by Crippen LogP contribution is -2.27. The van der Waals surface area contributed by atoms with Crippen LogP contribution in [0.1, 0.15) is 32.6 Å². The van der Waals surface area contributed by atoms with Crippen molar-refractivity contribution in [3.8, 4) is 11.8 Å². The second kappa shape index (κ2) is 4.13. The van der Waals surface area contributed by atoms with Gasteiger partial charge in [-0.1, -0.05) is 12.2 Å². The Morgan fingerprint density at radius 3 is 2.62 bits per heavy atom. The molecule has 13 heavy (non-hydrogen) atoms. The summed E-state index contributed by atoms with van der Waals surface area (Å²) in [6, 6.07) is 0. The van der Waals surface area contributed by atoms with E-state index in [-0.39, 0.29) is 0 Å². The van der Waals surface area contributed by atoms with E-state index in [9.17, 15) is 4.79 Å². The summed E-state index contributed by atoms with van der Waals surface area (Å²) in [6.07, 6.45) is 6.57. The summed E-state index contributed by atoms with van der Waals surface area (Å²) in [5.74, 6) is 5.01. The highest BCUT2D eigenvalue weighted by Crippen LogP contribution is 2.37. The van der Waals surface area contributed by atoms with E-state index >= 15 is 0 Å². The molecule has 0 saturated carbocycles. The normalized spacial score (nSPS) is 17.9. The fraction of sp³-hybridized carbons (Fsp3) is 0.545. The first-order chi connectivity index (χ1) is 6.21. The van der Waals surface area contributed by atoms with Gasteiger partial charge in [-0.3, -0.25) is 4.79 Å². The zero-order valence-corrected chi connectivity index (χ0v) is 7.84. The third-order valence-electron chi connectivity index (χ3n) is 2.54. The second-order valence-electron chi connectivity index (χ2n) is 3.39. The van der Waals surface area contributed by atoms with Crippen LogP contribution in [0.4, 0.5) is 0 Å². The van der Waals surface area contributed by atoms with Crippen LogP contribution in [0.5, 0.6) is 0 Å². The number of rotatable bonds is 3. The van der Waals surface area contributed by atoms with Gasteiger partial charge in [0.2, 0.25) is 0 Å². The molecule has 2 heteroatoms. The Kier molecular flexibility index (Phi) is 3.13. The Morgan fingerprint density at radius 1 is 1.54 bits per heavy atom. The van der Waals surface area contributed by atoms with Crippen LogP contribution in [-0.2, 0) is 4.79 Å². The molecule has 70 valence electrons. The zero-order valence-electron chi connectivity index (χ0n) is 7.84. The maximum absolute atomic E-state index is 11.0. The van der Waals surface area contributed by atoms with Gasteiger partial charge in [-0.2, -0.15) is 0 Å². The number of aliphatic carboxylic acids is 1. The third-order valence-corrected chi connectivity index (χ3v) is 2.54. The molecule has 0 amide bonds. The molecule has 0 saturated heterocycles. The zero-order chi connectivity index (χ0) is 9.73. The van der Waals surface area contributed by atoms with Crippen molar-refractivity contribution in [1.29, 1.82) is 0 Å². The van der Waals surface area contributed by atoms with Gasteiger partial charge in [0.05, 0.1) is 5.41 Å². The van der Waals surface area contributed by atoms with Crippen molar-refractivity contribution in [2.24, 2.45) is 5.41 Å². The van der Waals surface area contributed by atoms with Gasteiger partial charge in [-0.15, -0.1) is 11.8 Å². The SMILES string of the molecule is CC#CCCC1(C(=O)O)CC=CC1. The Morgan fingerprint density at radius 2 is 2.15 bits per heavy atom. The molecule has 0 spiro atoms. The van der Waals surface area contributed by atoms with E-state index in [1.807, 2.05) is 12.2 Å². The van der Waals surface area contributed by atoms with Gasteiger partial charge < -0.3 is 5.11 Å². The maximum atomic E-state index is 11.0. The highest BCUT2D eigenvalue weighted by atomic mass is 16.4. The molecule has 0 heterocycles. The van der Waals surface area contributed by atoms with Gasteiger partial charge in [-0.05, 0) is 26.2 Å². The summed E-state index contributed by atoms with van der Waals surface area (Å²) < 4.78 is 0. The first-order valence-corrected chi connectivity index (χ1v) is 4.49. The summed E-state index contributed by atoms with van der Waals surface area (Å²) in [5.41, 5.74) is -0.552. The van der Waals surface area contributed by atoms with Crippen LogP contribution in [0.3, 0.4) is 0 Å². The lowest BCUT2D eigenvalue weighted by Gasteiger charge is -2.22. The number of hydrogen-bond acceptors (Lipinski definition) is 1. The summed E-state index contributed by atoms with van der Waals surface area (Å²) >= 11 is 0. The number of carbonyl (C=O) groups is 1. The molecule has 1 aliphatic rings. The van der Waals surface area contributed by atoms with E-state index in [1.54, 1.807) is 6.92 Å². The van der Waals surface area contributed by atoms with Crippen molar-refractivity contribution in [3.05, 3.63) is 12.2 Å². The minimum absolute atomic E-state index is 0.552. The standard InChI is InChI=1S/C11H14O2/c1-2-3-4-7-11(10(12)13)8-5-6-9-11/h5-6H,4,7-9H2,1H3,(H,12,13). The molecule has 1 N–H and O–H groups in total. The van der Waals surface area contributed by atoms with Crippen molar-refractivity contribution >= 4 is 5.97 Å². The second-order valence-corrected chi connectivity index (χ2v) is 3.39. The van der Waals surface area contributed by atoms with Crippen LogP contribution in [0, 0.1) is 17.3 Å². The van der Waals surface area contributed by atoms with E-state index in [0.29, 0.717) is 25.7 Å². The van der Waals surface area contributed by atoms with Gasteiger partial charge >= 0.3 is 5.97 Å². The molecule has 0 aromatic carbocycles. The lowest BCUT2D eigenvalue weighted by molar-refractivity contribution is -0.148. The molecule has 1 aliphatic carbocycles. The minimum Gasteiger partial charge on any atom is -0.481 e. The van der Waals surface area contributed by atoms with Crippen LogP contribution in [0.2, 0.25) is 0 Å². The molecular weight excluding hydrogens is 164 g/mol. The maximum Gasteiger partial charge on any atom is 0.310 e. The lowest BCUT2D eigenvalue weighted by atomic mass is 9.81. The number of carboxylic acids is 1. The molecule has 0 aliphatic heterocycles. The van der Waals surface area contributed by atoms with Crippen LogP contribution in [0.25, 0.3) is 0 Å². The van der Waals surface area contributed by atoms with E-state index in [4.69, 9.17) is 5.11 Å². The van der Waals surface area contributed by atoms with Crippen molar-refractivity contribution < 1.29 is 9.90 Å². The highest BCUT2D eigenvalue weighted by molar-refractivity contribution is 5.75. The quantitative estimate of drug-likeness (QED) is 0.531. The average Bonchev–Trinajstić information content (AvgIpc) is 2.55. The molecule has 2 nitrogen and oxygen atoms in total. The summed E-state index contributed by atoms with van der Waals surface area (Å²) in [6.45, 7) is 1.78. The molecule has 0 bridgehead atoms. The monoisotopic (exact) mass is 178 g/mol. The number of carboxylic acid groups (broad SMARTS) is 1. The van der Waals surface area contributed by atoms with E-state index < -0.39 is 11.4 Å². The number of allylic oxidation sites excluding steroid dienone is 2. The average molecular weight is 178 g/mol. The first kappa shape index (κ1) is 9.85. The highest BCUT2D eigenvalue weighted by Gasteiger charge is 2.37.